The van der Waals surface area contributed by atoms with Crippen LogP contribution in [0.4, 0.5) is 4.39 Å². The van der Waals surface area contributed by atoms with Crippen LogP contribution < -0.4 is 4.74 Å². The molecule has 3 rings (SSSR count). The van der Waals surface area contributed by atoms with Crippen LogP contribution in [0.1, 0.15) is 76.7 Å². The molecule has 28 heavy (non-hydrogen) atoms. The lowest BCUT2D eigenvalue weighted by molar-refractivity contribution is 0.299. The summed E-state index contributed by atoms with van der Waals surface area (Å²) in [6.07, 6.45) is 9.86. The average molecular weight is 403 g/mol. The zero-order chi connectivity index (χ0) is 19.9. The number of ether oxygens (including phenoxy) is 1. The summed E-state index contributed by atoms with van der Waals surface area (Å²) in [5.74, 6) is 1.71. The molecule has 0 N–H and O–H groups in total. The molecule has 2 aromatic rings. The Morgan fingerprint density at radius 1 is 0.964 bits per heavy atom. The van der Waals surface area contributed by atoms with E-state index in [0.29, 0.717) is 12.5 Å². The highest BCUT2D eigenvalue weighted by Crippen LogP contribution is 2.41. The van der Waals surface area contributed by atoms with Gasteiger partial charge in [-0.05, 0) is 67.7 Å². The van der Waals surface area contributed by atoms with E-state index >= 15 is 4.39 Å². The highest BCUT2D eigenvalue weighted by molar-refractivity contribution is 6.33. The molecule has 3 heteroatoms. The molecule has 0 bridgehead atoms. The molecule has 1 fully saturated rings. The zero-order valence-electron chi connectivity index (χ0n) is 17.1. The lowest BCUT2D eigenvalue weighted by Crippen LogP contribution is -2.14. The molecule has 2 aromatic carbocycles. The minimum absolute atomic E-state index is 0.234. The van der Waals surface area contributed by atoms with Crippen molar-refractivity contribution in [3.63, 3.8) is 0 Å². The van der Waals surface area contributed by atoms with Crippen molar-refractivity contribution in [1.29, 1.82) is 0 Å². The fourth-order valence-electron chi connectivity index (χ4n) is 4.45. The molecular weight excluding hydrogens is 371 g/mol. The first-order chi connectivity index (χ1) is 13.6. The van der Waals surface area contributed by atoms with Crippen molar-refractivity contribution in [3.8, 4) is 16.9 Å². The van der Waals surface area contributed by atoms with E-state index in [1.807, 2.05) is 43.3 Å². The second kappa shape index (κ2) is 10.3. The van der Waals surface area contributed by atoms with Crippen LogP contribution in [0.15, 0.2) is 36.4 Å². The summed E-state index contributed by atoms with van der Waals surface area (Å²) in [6.45, 7) is 4.84. The number of hydrogen-bond acceptors (Lipinski definition) is 1. The van der Waals surface area contributed by atoms with Crippen molar-refractivity contribution in [1.82, 2.24) is 0 Å². The predicted octanol–water partition coefficient (Wildman–Crippen LogP) is 8.40. The molecule has 1 nitrogen and oxygen atoms in total. The second-order valence-corrected chi connectivity index (χ2v) is 8.38. The summed E-state index contributed by atoms with van der Waals surface area (Å²) in [5.41, 5.74) is 2.46. The van der Waals surface area contributed by atoms with Gasteiger partial charge in [-0.3, -0.25) is 0 Å². The zero-order valence-corrected chi connectivity index (χ0v) is 17.9. The predicted molar refractivity (Wildman–Crippen MR) is 117 cm³/mol. The highest BCUT2D eigenvalue weighted by atomic mass is 35.5. The fourth-order valence-corrected chi connectivity index (χ4v) is 4.73. The lowest BCUT2D eigenvalue weighted by Gasteiger charge is -2.29. The molecule has 0 saturated heterocycles. The van der Waals surface area contributed by atoms with Gasteiger partial charge in [0.25, 0.3) is 0 Å². The molecule has 1 aliphatic carbocycles. The van der Waals surface area contributed by atoms with E-state index < -0.39 is 0 Å². The Bertz CT molecular complexity index is 748. The summed E-state index contributed by atoms with van der Waals surface area (Å²) in [5, 5.41) is 0.242. The first-order valence-electron chi connectivity index (χ1n) is 10.8. The molecule has 0 radical (unpaired) electrons. The van der Waals surface area contributed by atoms with Gasteiger partial charge in [-0.1, -0.05) is 68.5 Å². The molecule has 0 spiro atoms. The van der Waals surface area contributed by atoms with Gasteiger partial charge in [0.05, 0.1) is 11.6 Å². The minimum atomic E-state index is -0.234. The minimum Gasteiger partial charge on any atom is -0.494 e. The molecule has 1 saturated carbocycles. The molecule has 0 aliphatic heterocycles. The SMILES string of the molecule is CCCCCC1CCC(c2ccc(-c3ccc(OCC)cc3)c(Cl)c2F)CC1. The lowest BCUT2D eigenvalue weighted by atomic mass is 9.76. The van der Waals surface area contributed by atoms with E-state index in [1.54, 1.807) is 0 Å². The van der Waals surface area contributed by atoms with Gasteiger partial charge in [-0.2, -0.15) is 0 Å². The van der Waals surface area contributed by atoms with E-state index in [1.165, 1.54) is 38.5 Å². The Balaban J connectivity index is 1.69. The van der Waals surface area contributed by atoms with Gasteiger partial charge >= 0.3 is 0 Å². The first-order valence-corrected chi connectivity index (χ1v) is 11.2. The topological polar surface area (TPSA) is 9.23 Å². The quantitative estimate of drug-likeness (QED) is 0.402. The Hall–Kier alpha value is -1.54. The van der Waals surface area contributed by atoms with E-state index in [9.17, 15) is 0 Å². The standard InChI is InChI=1S/C25H32ClFO/c1-3-5-6-7-18-8-10-20(11-9-18)23-17-16-22(24(26)25(23)27)19-12-14-21(15-13-19)28-4-2/h12-18,20H,3-11H2,1-2H3. The third-order valence-corrected chi connectivity index (χ3v) is 6.46. The van der Waals surface area contributed by atoms with E-state index in [0.717, 1.165) is 41.2 Å². The van der Waals surface area contributed by atoms with Crippen LogP contribution in [-0.2, 0) is 0 Å². The van der Waals surface area contributed by atoms with Gasteiger partial charge in [0.1, 0.15) is 11.6 Å². The summed E-state index contributed by atoms with van der Waals surface area (Å²) in [6, 6.07) is 11.6. The molecular formula is C25H32ClFO. The van der Waals surface area contributed by atoms with Gasteiger partial charge in [-0.25, -0.2) is 4.39 Å². The van der Waals surface area contributed by atoms with Crippen LogP contribution in [0.2, 0.25) is 5.02 Å². The number of benzene rings is 2. The third-order valence-electron chi connectivity index (χ3n) is 6.09. The average Bonchev–Trinajstić information content (AvgIpc) is 2.72. The summed E-state index contributed by atoms with van der Waals surface area (Å²) >= 11 is 6.46. The number of halogens is 2. The maximum absolute atomic E-state index is 15.1. The van der Waals surface area contributed by atoms with Crippen molar-refractivity contribution in [3.05, 3.63) is 52.8 Å². The summed E-state index contributed by atoms with van der Waals surface area (Å²) < 4.78 is 20.6. The highest BCUT2D eigenvalue weighted by Gasteiger charge is 2.25. The van der Waals surface area contributed by atoms with Gasteiger partial charge < -0.3 is 4.74 Å². The smallest absolute Gasteiger partial charge is 0.145 e. The Morgan fingerprint density at radius 2 is 1.68 bits per heavy atom. The van der Waals surface area contributed by atoms with Crippen LogP contribution in [0.25, 0.3) is 11.1 Å². The van der Waals surface area contributed by atoms with Crippen molar-refractivity contribution in [2.24, 2.45) is 5.92 Å². The third kappa shape index (κ3) is 5.08. The van der Waals surface area contributed by atoms with E-state index in [2.05, 4.69) is 6.92 Å². The number of unbranched alkanes of at least 4 members (excludes halogenated alkanes) is 2. The van der Waals surface area contributed by atoms with Gasteiger partial charge in [0.2, 0.25) is 0 Å². The Morgan fingerprint density at radius 3 is 2.32 bits per heavy atom. The molecule has 0 unspecified atom stereocenters. The van der Waals surface area contributed by atoms with Crippen molar-refractivity contribution in [2.75, 3.05) is 6.61 Å². The van der Waals surface area contributed by atoms with Crippen LogP contribution >= 0.6 is 11.6 Å². The fraction of sp³-hybridized carbons (Fsp3) is 0.520. The molecule has 0 amide bonds. The van der Waals surface area contributed by atoms with Crippen molar-refractivity contribution >= 4 is 11.6 Å². The molecule has 0 atom stereocenters. The van der Waals surface area contributed by atoms with Gasteiger partial charge in [0, 0.05) is 5.56 Å². The normalized spacial score (nSPS) is 19.6. The Kier molecular flexibility index (Phi) is 7.79. The molecule has 152 valence electrons. The summed E-state index contributed by atoms with van der Waals surface area (Å²) in [4.78, 5) is 0. The number of rotatable bonds is 8. The van der Waals surface area contributed by atoms with Crippen LogP contribution in [-0.4, -0.2) is 6.61 Å². The number of hydrogen-bond donors (Lipinski definition) is 0. The summed E-state index contributed by atoms with van der Waals surface area (Å²) in [7, 11) is 0. The van der Waals surface area contributed by atoms with Gasteiger partial charge in [-0.15, -0.1) is 0 Å². The second-order valence-electron chi connectivity index (χ2n) is 8.00. The maximum atomic E-state index is 15.1. The van der Waals surface area contributed by atoms with E-state index in [-0.39, 0.29) is 10.8 Å². The van der Waals surface area contributed by atoms with Crippen molar-refractivity contribution in [2.45, 2.75) is 71.1 Å². The van der Waals surface area contributed by atoms with Gasteiger partial charge in [0.15, 0.2) is 0 Å². The van der Waals surface area contributed by atoms with Crippen molar-refractivity contribution < 1.29 is 9.13 Å². The van der Waals surface area contributed by atoms with Crippen LogP contribution in [0, 0.1) is 11.7 Å². The maximum Gasteiger partial charge on any atom is 0.145 e. The Labute approximate surface area is 174 Å². The largest absolute Gasteiger partial charge is 0.494 e. The molecule has 0 heterocycles. The molecule has 0 aromatic heterocycles. The van der Waals surface area contributed by atoms with Crippen LogP contribution in [0.3, 0.4) is 0 Å². The monoisotopic (exact) mass is 402 g/mol. The first kappa shape index (κ1) is 21.2. The van der Waals surface area contributed by atoms with E-state index in [4.69, 9.17) is 16.3 Å². The van der Waals surface area contributed by atoms with Crippen LogP contribution in [0.5, 0.6) is 5.75 Å². The molecule has 1 aliphatic rings.